The van der Waals surface area contributed by atoms with Crippen LogP contribution in [0.3, 0.4) is 0 Å². The Morgan fingerprint density at radius 2 is 1.90 bits per heavy atom. The molecule has 0 aliphatic carbocycles. The third-order valence-corrected chi connectivity index (χ3v) is 3.95. The summed E-state index contributed by atoms with van der Waals surface area (Å²) in [6, 6.07) is 9.53. The summed E-state index contributed by atoms with van der Waals surface area (Å²) in [6.45, 7) is 0. The summed E-state index contributed by atoms with van der Waals surface area (Å²) in [7, 11) is 0. The van der Waals surface area contributed by atoms with Gasteiger partial charge in [-0.25, -0.2) is 9.67 Å². The molecule has 0 aliphatic rings. The van der Waals surface area contributed by atoms with Crippen LogP contribution in [0.2, 0.25) is 0 Å². The van der Waals surface area contributed by atoms with Gasteiger partial charge in [0.1, 0.15) is 17.1 Å². The number of rotatable bonds is 1. The van der Waals surface area contributed by atoms with Crippen molar-refractivity contribution >= 4 is 32.6 Å². The van der Waals surface area contributed by atoms with Gasteiger partial charge in [-0.2, -0.15) is 5.26 Å². The van der Waals surface area contributed by atoms with E-state index in [2.05, 4.69) is 26.3 Å². The largest absolute Gasteiger partial charge is 0.265 e. The molecule has 3 heterocycles. The number of aromatic nitrogens is 5. The molecule has 0 unspecified atom stereocenters. The lowest BCUT2D eigenvalue weighted by atomic mass is 10.3. The summed E-state index contributed by atoms with van der Waals surface area (Å²) in [5.41, 5.74) is 3.31. The summed E-state index contributed by atoms with van der Waals surface area (Å²) in [6.07, 6.45) is 3.41. The van der Waals surface area contributed by atoms with Crippen molar-refractivity contribution < 1.29 is 0 Å². The molecule has 0 saturated heterocycles. The molecular formula is C13H6N6S. The first-order valence-corrected chi connectivity index (χ1v) is 6.64. The first-order valence-electron chi connectivity index (χ1n) is 5.82. The highest BCUT2D eigenvalue weighted by molar-refractivity contribution is 7.20. The van der Waals surface area contributed by atoms with Crippen LogP contribution in [0.4, 0.5) is 0 Å². The van der Waals surface area contributed by atoms with Gasteiger partial charge in [0.2, 0.25) is 0 Å². The second-order valence-corrected chi connectivity index (χ2v) is 5.12. The van der Waals surface area contributed by atoms with E-state index in [-0.39, 0.29) is 0 Å². The monoisotopic (exact) mass is 278 g/mol. The average molecular weight is 278 g/mol. The standard InChI is InChI=1S/C13H6N6S/c14-7-11-16-10-2-1-9-12(13(10)20-11)19(18-17-9)8-3-5-15-6-4-8/h1-6H. The van der Waals surface area contributed by atoms with Gasteiger partial charge in [-0.3, -0.25) is 4.98 Å². The maximum Gasteiger partial charge on any atom is 0.195 e. The number of nitrogens with zero attached hydrogens (tertiary/aromatic N) is 6. The Bertz CT molecular complexity index is 963. The minimum atomic E-state index is 0.440. The van der Waals surface area contributed by atoms with Gasteiger partial charge in [-0.1, -0.05) is 5.21 Å². The molecule has 20 heavy (non-hydrogen) atoms. The van der Waals surface area contributed by atoms with Crippen LogP contribution in [-0.2, 0) is 0 Å². The minimum absolute atomic E-state index is 0.440. The molecule has 0 atom stereocenters. The topological polar surface area (TPSA) is 80.3 Å². The fraction of sp³-hybridized carbons (Fsp3) is 0. The predicted molar refractivity (Wildman–Crippen MR) is 74.6 cm³/mol. The molecule has 4 rings (SSSR count). The van der Waals surface area contributed by atoms with Gasteiger partial charge < -0.3 is 0 Å². The van der Waals surface area contributed by atoms with Gasteiger partial charge in [0.15, 0.2) is 5.01 Å². The van der Waals surface area contributed by atoms with Crippen molar-refractivity contribution in [2.75, 3.05) is 0 Å². The maximum absolute atomic E-state index is 9.00. The average Bonchev–Trinajstić information content (AvgIpc) is 3.11. The van der Waals surface area contributed by atoms with Crippen molar-refractivity contribution in [3.63, 3.8) is 0 Å². The molecule has 0 bridgehead atoms. The zero-order chi connectivity index (χ0) is 13.5. The molecule has 0 aliphatic heterocycles. The molecule has 0 amide bonds. The Morgan fingerprint density at radius 3 is 2.70 bits per heavy atom. The third-order valence-electron chi connectivity index (χ3n) is 2.97. The van der Waals surface area contributed by atoms with Crippen LogP contribution >= 0.6 is 11.3 Å². The zero-order valence-corrected chi connectivity index (χ0v) is 10.9. The summed E-state index contributed by atoms with van der Waals surface area (Å²) in [4.78, 5) is 8.27. The van der Waals surface area contributed by atoms with Crippen molar-refractivity contribution in [3.05, 3.63) is 41.7 Å². The minimum Gasteiger partial charge on any atom is -0.265 e. The fourth-order valence-electron chi connectivity index (χ4n) is 2.10. The molecule has 0 saturated carbocycles. The Balaban J connectivity index is 2.13. The van der Waals surface area contributed by atoms with Crippen molar-refractivity contribution in [2.24, 2.45) is 0 Å². The molecule has 6 nitrogen and oxygen atoms in total. The number of thiazole rings is 1. The summed E-state index contributed by atoms with van der Waals surface area (Å²) < 4.78 is 2.67. The molecule has 0 spiro atoms. The van der Waals surface area contributed by atoms with E-state index in [1.807, 2.05) is 24.3 Å². The van der Waals surface area contributed by atoms with Gasteiger partial charge in [0, 0.05) is 12.4 Å². The Hall–Kier alpha value is -2.85. The highest BCUT2D eigenvalue weighted by Crippen LogP contribution is 2.30. The molecule has 4 aromatic rings. The van der Waals surface area contributed by atoms with E-state index in [0.29, 0.717) is 5.01 Å². The fourth-order valence-corrected chi connectivity index (χ4v) is 2.99. The summed E-state index contributed by atoms with van der Waals surface area (Å²) >= 11 is 1.35. The van der Waals surface area contributed by atoms with Crippen molar-refractivity contribution in [1.82, 2.24) is 25.0 Å². The van der Waals surface area contributed by atoms with Crippen LogP contribution in [0.1, 0.15) is 5.01 Å². The van der Waals surface area contributed by atoms with E-state index < -0.39 is 0 Å². The van der Waals surface area contributed by atoms with Crippen LogP contribution < -0.4 is 0 Å². The first-order chi connectivity index (χ1) is 9.86. The highest BCUT2D eigenvalue weighted by atomic mass is 32.1. The summed E-state index contributed by atoms with van der Waals surface area (Å²) in [5, 5.41) is 17.8. The molecule has 94 valence electrons. The van der Waals surface area contributed by atoms with E-state index in [4.69, 9.17) is 5.26 Å². The van der Waals surface area contributed by atoms with Crippen LogP contribution in [0.15, 0.2) is 36.7 Å². The Morgan fingerprint density at radius 1 is 1.10 bits per heavy atom. The summed E-state index contributed by atoms with van der Waals surface area (Å²) in [5.74, 6) is 0. The second kappa shape index (κ2) is 4.08. The lowest BCUT2D eigenvalue weighted by molar-refractivity contribution is 0.824. The normalized spacial score (nSPS) is 10.9. The molecule has 0 radical (unpaired) electrons. The lowest BCUT2D eigenvalue weighted by Gasteiger charge is -2.01. The number of pyridine rings is 1. The van der Waals surface area contributed by atoms with Crippen LogP contribution in [0, 0.1) is 11.3 Å². The smallest absolute Gasteiger partial charge is 0.195 e. The number of benzene rings is 1. The van der Waals surface area contributed by atoms with E-state index >= 15 is 0 Å². The highest BCUT2D eigenvalue weighted by Gasteiger charge is 2.14. The molecule has 1 aromatic carbocycles. The first kappa shape index (κ1) is 11.0. The molecule has 0 fully saturated rings. The third kappa shape index (κ3) is 1.49. The van der Waals surface area contributed by atoms with Crippen LogP contribution in [-0.4, -0.2) is 25.0 Å². The van der Waals surface area contributed by atoms with Crippen molar-refractivity contribution in [1.29, 1.82) is 5.26 Å². The zero-order valence-electron chi connectivity index (χ0n) is 10.1. The Kier molecular flexibility index (Phi) is 2.25. The molecule has 7 heteroatoms. The van der Waals surface area contributed by atoms with Crippen LogP contribution in [0.5, 0.6) is 0 Å². The van der Waals surface area contributed by atoms with Crippen LogP contribution in [0.25, 0.3) is 26.9 Å². The van der Waals surface area contributed by atoms with E-state index in [1.165, 1.54) is 11.3 Å². The van der Waals surface area contributed by atoms with Crippen molar-refractivity contribution in [3.8, 4) is 11.8 Å². The quantitative estimate of drug-likeness (QED) is 0.533. The van der Waals surface area contributed by atoms with Gasteiger partial charge in [-0.05, 0) is 24.3 Å². The van der Waals surface area contributed by atoms with Gasteiger partial charge >= 0.3 is 0 Å². The van der Waals surface area contributed by atoms with E-state index in [0.717, 1.165) is 26.9 Å². The maximum atomic E-state index is 9.00. The van der Waals surface area contributed by atoms with E-state index in [9.17, 15) is 0 Å². The number of hydrogen-bond donors (Lipinski definition) is 0. The number of fused-ring (bicyclic) bond motifs is 3. The number of nitriles is 1. The van der Waals surface area contributed by atoms with Crippen molar-refractivity contribution in [2.45, 2.75) is 0 Å². The lowest BCUT2D eigenvalue weighted by Crippen LogP contribution is -1.96. The molecular weight excluding hydrogens is 272 g/mol. The molecule has 0 N–H and O–H groups in total. The number of hydrogen-bond acceptors (Lipinski definition) is 6. The molecule has 3 aromatic heterocycles. The predicted octanol–water partition coefficient (Wildman–Crippen LogP) is 2.30. The second-order valence-electron chi connectivity index (χ2n) is 4.12. The van der Waals surface area contributed by atoms with Gasteiger partial charge in [0.25, 0.3) is 0 Å². The Labute approximate surface area is 116 Å². The SMILES string of the molecule is N#Cc1nc2ccc3nnn(-c4ccncc4)c3c2s1. The van der Waals surface area contributed by atoms with E-state index in [1.54, 1.807) is 17.1 Å². The van der Waals surface area contributed by atoms with Gasteiger partial charge in [-0.15, -0.1) is 16.4 Å². The van der Waals surface area contributed by atoms with Gasteiger partial charge in [0.05, 0.1) is 15.9 Å².